The topological polar surface area (TPSA) is 63.7 Å². The molecule has 3 aromatic rings. The van der Waals surface area contributed by atoms with Crippen LogP contribution in [-0.4, -0.2) is 49.1 Å². The van der Waals surface area contributed by atoms with Gasteiger partial charge in [-0.2, -0.15) is 0 Å². The lowest BCUT2D eigenvalue weighted by Gasteiger charge is -2.35. The number of amides is 1. The summed E-state index contributed by atoms with van der Waals surface area (Å²) in [6, 6.07) is 17.9. The fraction of sp³-hybridized carbons (Fsp3) is 0.280. The van der Waals surface area contributed by atoms with E-state index in [0.29, 0.717) is 19.5 Å². The highest BCUT2D eigenvalue weighted by Crippen LogP contribution is 2.27. The number of methoxy groups -OCH3 is 2. The molecule has 0 aliphatic carbocycles. The number of nitrogens with zero attached hydrogens (tertiary/aromatic N) is 2. The first-order valence-electron chi connectivity index (χ1n) is 10.4. The molecule has 1 aliphatic rings. The summed E-state index contributed by atoms with van der Waals surface area (Å²) in [4.78, 5) is 19.1. The zero-order valence-corrected chi connectivity index (χ0v) is 17.9. The minimum absolute atomic E-state index is 0.0597. The third kappa shape index (κ3) is 4.86. The lowest BCUT2D eigenvalue weighted by Crippen LogP contribution is -2.55. The number of hydrogen-bond acceptors (Lipinski definition) is 5. The van der Waals surface area contributed by atoms with Crippen LogP contribution in [0.1, 0.15) is 11.1 Å². The molecule has 1 N–H and O–H groups in total. The van der Waals surface area contributed by atoms with Gasteiger partial charge in [-0.05, 0) is 47.4 Å². The molecule has 1 fully saturated rings. The number of piperazine rings is 1. The van der Waals surface area contributed by atoms with Crippen molar-refractivity contribution in [3.05, 3.63) is 78.1 Å². The van der Waals surface area contributed by atoms with E-state index in [9.17, 15) is 4.79 Å². The molecule has 6 heteroatoms. The molecule has 6 nitrogen and oxygen atoms in total. The lowest BCUT2D eigenvalue weighted by atomic mass is 9.98. The molecule has 0 bridgehead atoms. The van der Waals surface area contributed by atoms with E-state index in [-0.39, 0.29) is 11.9 Å². The van der Waals surface area contributed by atoms with Crippen LogP contribution in [0.4, 0.5) is 0 Å². The number of pyridine rings is 1. The number of carbonyl (C=O) groups excluding carboxylic acids is 1. The Morgan fingerprint density at radius 3 is 2.61 bits per heavy atom. The number of nitrogens with one attached hydrogen (secondary N) is 1. The highest BCUT2D eigenvalue weighted by Gasteiger charge is 2.30. The summed E-state index contributed by atoms with van der Waals surface area (Å²) in [5, 5.41) is 3.01. The smallest absolute Gasteiger partial charge is 0.237 e. The Hall–Kier alpha value is -3.38. The minimum Gasteiger partial charge on any atom is -0.497 e. The second-order valence-corrected chi connectivity index (χ2v) is 7.60. The highest BCUT2D eigenvalue weighted by molar-refractivity contribution is 5.82. The first kappa shape index (κ1) is 20.9. The van der Waals surface area contributed by atoms with E-state index in [1.165, 1.54) is 0 Å². The summed E-state index contributed by atoms with van der Waals surface area (Å²) in [6.07, 6.45) is 4.27. The Labute approximate surface area is 182 Å². The molecule has 0 radical (unpaired) electrons. The standard InChI is InChI=1S/C25H27N3O3/c1-30-22-9-10-24(31-2)21(15-22)17-28-13-12-27-25(29)23(28)14-18-5-7-19(8-6-18)20-4-3-11-26-16-20/h3-11,15-16,23H,12-14,17H2,1-2H3,(H,27,29)/t23-/m0/s1. The molecule has 31 heavy (non-hydrogen) atoms. The van der Waals surface area contributed by atoms with Gasteiger partial charge in [-0.3, -0.25) is 14.7 Å². The molecule has 0 spiro atoms. The highest BCUT2D eigenvalue weighted by atomic mass is 16.5. The summed E-state index contributed by atoms with van der Waals surface area (Å²) in [5.41, 5.74) is 4.32. The molecule has 4 rings (SSSR count). The molecule has 2 aromatic carbocycles. The summed E-state index contributed by atoms with van der Waals surface area (Å²) in [5.74, 6) is 1.63. The number of benzene rings is 2. The first-order valence-corrected chi connectivity index (χ1v) is 10.4. The lowest BCUT2D eigenvalue weighted by molar-refractivity contribution is -0.129. The maximum absolute atomic E-state index is 12.7. The van der Waals surface area contributed by atoms with Gasteiger partial charge in [0, 0.05) is 37.6 Å². The summed E-state index contributed by atoms with van der Waals surface area (Å²) in [6.45, 7) is 2.04. The molecule has 0 saturated carbocycles. The van der Waals surface area contributed by atoms with Crippen LogP contribution < -0.4 is 14.8 Å². The second kappa shape index (κ2) is 9.62. The molecular weight excluding hydrogens is 390 g/mol. The summed E-state index contributed by atoms with van der Waals surface area (Å²) < 4.78 is 10.9. The van der Waals surface area contributed by atoms with Gasteiger partial charge in [0.1, 0.15) is 11.5 Å². The van der Waals surface area contributed by atoms with E-state index in [4.69, 9.17) is 9.47 Å². The van der Waals surface area contributed by atoms with Crippen molar-refractivity contribution in [2.45, 2.75) is 19.0 Å². The Kier molecular flexibility index (Phi) is 6.48. The number of hydrogen-bond donors (Lipinski definition) is 1. The fourth-order valence-corrected chi connectivity index (χ4v) is 3.99. The van der Waals surface area contributed by atoms with Crippen molar-refractivity contribution in [2.24, 2.45) is 0 Å². The molecular formula is C25H27N3O3. The number of rotatable bonds is 7. The van der Waals surface area contributed by atoms with Gasteiger partial charge < -0.3 is 14.8 Å². The van der Waals surface area contributed by atoms with Gasteiger partial charge in [-0.25, -0.2) is 0 Å². The average molecular weight is 418 g/mol. The van der Waals surface area contributed by atoms with Gasteiger partial charge in [0.15, 0.2) is 0 Å². The van der Waals surface area contributed by atoms with E-state index < -0.39 is 0 Å². The van der Waals surface area contributed by atoms with E-state index in [0.717, 1.165) is 40.3 Å². The van der Waals surface area contributed by atoms with Crippen LogP contribution >= 0.6 is 0 Å². The summed E-state index contributed by atoms with van der Waals surface area (Å²) in [7, 11) is 3.31. The van der Waals surface area contributed by atoms with Crippen molar-refractivity contribution >= 4 is 5.91 Å². The van der Waals surface area contributed by atoms with E-state index in [1.807, 2.05) is 36.5 Å². The van der Waals surface area contributed by atoms with Gasteiger partial charge in [0.25, 0.3) is 0 Å². The Morgan fingerprint density at radius 1 is 1.06 bits per heavy atom. The van der Waals surface area contributed by atoms with Crippen LogP contribution in [0.3, 0.4) is 0 Å². The van der Waals surface area contributed by atoms with Crippen LogP contribution in [0, 0.1) is 0 Å². The predicted octanol–water partition coefficient (Wildman–Crippen LogP) is 3.31. The van der Waals surface area contributed by atoms with Crippen LogP contribution in [0.5, 0.6) is 11.5 Å². The van der Waals surface area contributed by atoms with Gasteiger partial charge in [0.05, 0.1) is 20.3 Å². The van der Waals surface area contributed by atoms with Crippen molar-refractivity contribution in [3.8, 4) is 22.6 Å². The van der Waals surface area contributed by atoms with Crippen molar-refractivity contribution in [3.63, 3.8) is 0 Å². The van der Waals surface area contributed by atoms with Gasteiger partial charge in [-0.15, -0.1) is 0 Å². The SMILES string of the molecule is COc1ccc(OC)c(CN2CCNC(=O)[C@@H]2Cc2ccc(-c3cccnc3)cc2)c1. The molecule has 1 saturated heterocycles. The molecule has 1 atom stereocenters. The van der Waals surface area contributed by atoms with E-state index in [1.54, 1.807) is 20.4 Å². The predicted molar refractivity (Wildman–Crippen MR) is 120 cm³/mol. The van der Waals surface area contributed by atoms with E-state index in [2.05, 4.69) is 39.5 Å². The van der Waals surface area contributed by atoms with E-state index >= 15 is 0 Å². The number of aromatic nitrogens is 1. The quantitative estimate of drug-likeness (QED) is 0.639. The molecule has 1 aromatic heterocycles. The second-order valence-electron chi connectivity index (χ2n) is 7.60. The van der Waals surface area contributed by atoms with Crippen molar-refractivity contribution in [1.29, 1.82) is 0 Å². The Bertz CT molecular complexity index is 1020. The molecule has 160 valence electrons. The molecule has 0 unspecified atom stereocenters. The van der Waals surface area contributed by atoms with Crippen LogP contribution in [0.25, 0.3) is 11.1 Å². The number of carbonyl (C=O) groups is 1. The van der Waals surface area contributed by atoms with Crippen LogP contribution in [0.2, 0.25) is 0 Å². The molecule has 1 amide bonds. The fourth-order valence-electron chi connectivity index (χ4n) is 3.99. The molecule has 2 heterocycles. The van der Waals surface area contributed by atoms with Crippen LogP contribution in [-0.2, 0) is 17.8 Å². The monoisotopic (exact) mass is 417 g/mol. The van der Waals surface area contributed by atoms with Crippen molar-refractivity contribution in [2.75, 3.05) is 27.3 Å². The van der Waals surface area contributed by atoms with Crippen LogP contribution in [0.15, 0.2) is 67.0 Å². The molecule has 1 aliphatic heterocycles. The Morgan fingerprint density at radius 2 is 1.90 bits per heavy atom. The Balaban J connectivity index is 1.53. The maximum atomic E-state index is 12.7. The van der Waals surface area contributed by atoms with Crippen molar-refractivity contribution < 1.29 is 14.3 Å². The average Bonchev–Trinajstić information content (AvgIpc) is 2.82. The van der Waals surface area contributed by atoms with Gasteiger partial charge in [-0.1, -0.05) is 30.3 Å². The normalized spacial score (nSPS) is 16.6. The zero-order valence-electron chi connectivity index (χ0n) is 17.9. The van der Waals surface area contributed by atoms with Gasteiger partial charge in [0.2, 0.25) is 5.91 Å². The third-order valence-corrected chi connectivity index (χ3v) is 5.68. The maximum Gasteiger partial charge on any atom is 0.237 e. The minimum atomic E-state index is -0.242. The number of ether oxygens (including phenoxy) is 2. The largest absolute Gasteiger partial charge is 0.497 e. The summed E-state index contributed by atoms with van der Waals surface area (Å²) >= 11 is 0. The van der Waals surface area contributed by atoms with Crippen molar-refractivity contribution in [1.82, 2.24) is 15.2 Å². The van der Waals surface area contributed by atoms with Gasteiger partial charge >= 0.3 is 0 Å². The first-order chi connectivity index (χ1) is 15.2. The third-order valence-electron chi connectivity index (χ3n) is 5.68. The zero-order chi connectivity index (χ0) is 21.6.